The fourth-order valence-electron chi connectivity index (χ4n) is 3.37. The third-order valence-electron chi connectivity index (χ3n) is 4.85. The SMILES string of the molecule is O=C(OCc1ccccc1)N1CCCCCC(CNc2ccccc2)C1. The van der Waals surface area contributed by atoms with Crippen molar-refractivity contribution < 1.29 is 9.53 Å². The van der Waals surface area contributed by atoms with Gasteiger partial charge in [0.15, 0.2) is 0 Å². The summed E-state index contributed by atoms with van der Waals surface area (Å²) in [5.41, 5.74) is 2.16. The standard InChI is InChI=1S/C22H28N2O2/c25-22(26-18-19-10-4-1-5-11-19)24-15-9-3-6-12-20(17-24)16-23-21-13-7-2-8-14-21/h1-2,4-5,7-8,10-11,13-14,20,23H,3,6,9,12,15-18H2. The van der Waals surface area contributed by atoms with Crippen LogP contribution < -0.4 is 5.32 Å². The minimum absolute atomic E-state index is 0.194. The van der Waals surface area contributed by atoms with Gasteiger partial charge in [0.25, 0.3) is 0 Å². The molecule has 4 nitrogen and oxygen atoms in total. The molecule has 2 aromatic rings. The van der Waals surface area contributed by atoms with Gasteiger partial charge in [0.2, 0.25) is 0 Å². The molecular formula is C22H28N2O2. The number of nitrogens with one attached hydrogen (secondary N) is 1. The molecule has 1 fully saturated rings. The molecule has 0 aliphatic carbocycles. The van der Waals surface area contributed by atoms with Gasteiger partial charge in [0.05, 0.1) is 0 Å². The van der Waals surface area contributed by atoms with Crippen LogP contribution >= 0.6 is 0 Å². The van der Waals surface area contributed by atoms with E-state index in [9.17, 15) is 4.79 Å². The van der Waals surface area contributed by atoms with Gasteiger partial charge in [-0.3, -0.25) is 0 Å². The van der Waals surface area contributed by atoms with Gasteiger partial charge in [-0.25, -0.2) is 4.79 Å². The topological polar surface area (TPSA) is 41.6 Å². The highest BCUT2D eigenvalue weighted by atomic mass is 16.6. The minimum atomic E-state index is -0.194. The molecule has 138 valence electrons. The van der Waals surface area contributed by atoms with Crippen LogP contribution in [0.1, 0.15) is 31.2 Å². The van der Waals surface area contributed by atoms with E-state index in [1.165, 1.54) is 12.8 Å². The summed E-state index contributed by atoms with van der Waals surface area (Å²) < 4.78 is 5.54. The van der Waals surface area contributed by atoms with E-state index in [0.717, 1.165) is 43.7 Å². The molecule has 1 saturated heterocycles. The van der Waals surface area contributed by atoms with Crippen molar-refractivity contribution in [1.82, 2.24) is 4.90 Å². The summed E-state index contributed by atoms with van der Waals surface area (Å²) >= 11 is 0. The van der Waals surface area contributed by atoms with Crippen LogP contribution in [0.15, 0.2) is 60.7 Å². The molecule has 1 unspecified atom stereocenters. The Bertz CT molecular complexity index is 660. The Morgan fingerprint density at radius 1 is 1.00 bits per heavy atom. The molecule has 4 heteroatoms. The zero-order valence-corrected chi connectivity index (χ0v) is 15.3. The van der Waals surface area contributed by atoms with Gasteiger partial charge in [0, 0.05) is 25.3 Å². The van der Waals surface area contributed by atoms with Crippen molar-refractivity contribution in [3.63, 3.8) is 0 Å². The Kier molecular flexibility index (Phi) is 6.94. The van der Waals surface area contributed by atoms with Gasteiger partial charge in [-0.2, -0.15) is 0 Å². The van der Waals surface area contributed by atoms with Crippen molar-refractivity contribution in [2.75, 3.05) is 25.0 Å². The van der Waals surface area contributed by atoms with E-state index in [4.69, 9.17) is 4.74 Å². The maximum Gasteiger partial charge on any atom is 0.410 e. The first-order valence-electron chi connectivity index (χ1n) is 9.56. The number of para-hydroxylation sites is 1. The number of hydrogen-bond acceptors (Lipinski definition) is 3. The van der Waals surface area contributed by atoms with E-state index in [-0.39, 0.29) is 6.09 Å². The van der Waals surface area contributed by atoms with Gasteiger partial charge in [0.1, 0.15) is 6.61 Å². The summed E-state index contributed by atoms with van der Waals surface area (Å²) in [7, 11) is 0. The molecule has 0 aromatic heterocycles. The number of anilines is 1. The molecule has 0 radical (unpaired) electrons. The quantitative estimate of drug-likeness (QED) is 0.830. The number of amides is 1. The lowest BCUT2D eigenvalue weighted by Crippen LogP contribution is -2.39. The summed E-state index contributed by atoms with van der Waals surface area (Å²) in [6, 6.07) is 20.1. The number of benzene rings is 2. The van der Waals surface area contributed by atoms with E-state index in [0.29, 0.717) is 12.5 Å². The van der Waals surface area contributed by atoms with Crippen LogP contribution in [0.25, 0.3) is 0 Å². The van der Waals surface area contributed by atoms with Crippen LogP contribution in [0.5, 0.6) is 0 Å². The lowest BCUT2D eigenvalue weighted by molar-refractivity contribution is 0.0868. The molecule has 1 N–H and O–H groups in total. The van der Waals surface area contributed by atoms with Crippen LogP contribution in [-0.4, -0.2) is 30.6 Å². The fraction of sp³-hybridized carbons (Fsp3) is 0.409. The van der Waals surface area contributed by atoms with Crippen molar-refractivity contribution in [2.45, 2.75) is 32.3 Å². The number of nitrogens with zero attached hydrogens (tertiary/aromatic N) is 1. The van der Waals surface area contributed by atoms with Gasteiger partial charge < -0.3 is 15.0 Å². The Hall–Kier alpha value is -2.49. The Labute approximate surface area is 156 Å². The molecular weight excluding hydrogens is 324 g/mol. The number of carbonyl (C=O) groups is 1. The number of carbonyl (C=O) groups excluding carboxylic acids is 1. The van der Waals surface area contributed by atoms with Crippen LogP contribution in [0.2, 0.25) is 0 Å². The van der Waals surface area contributed by atoms with Crippen molar-refractivity contribution in [2.24, 2.45) is 5.92 Å². The summed E-state index contributed by atoms with van der Waals surface area (Å²) in [4.78, 5) is 14.4. The van der Waals surface area contributed by atoms with Crippen LogP contribution in [0.3, 0.4) is 0 Å². The van der Waals surface area contributed by atoms with Crippen molar-refractivity contribution in [3.05, 3.63) is 66.2 Å². The van der Waals surface area contributed by atoms with Gasteiger partial charge in [-0.1, -0.05) is 61.4 Å². The summed E-state index contributed by atoms with van der Waals surface area (Å²) in [6.45, 7) is 2.76. The highest BCUT2D eigenvalue weighted by molar-refractivity contribution is 5.67. The number of rotatable bonds is 5. The smallest absolute Gasteiger partial charge is 0.410 e. The first kappa shape index (κ1) is 18.3. The van der Waals surface area contributed by atoms with Crippen molar-refractivity contribution >= 4 is 11.8 Å². The molecule has 0 spiro atoms. The third kappa shape index (κ3) is 5.80. The molecule has 1 aliphatic heterocycles. The molecule has 1 atom stereocenters. The molecule has 0 saturated carbocycles. The Morgan fingerprint density at radius 2 is 1.73 bits per heavy atom. The van der Waals surface area contributed by atoms with E-state index in [1.807, 2.05) is 53.4 Å². The number of likely N-dealkylation sites (tertiary alicyclic amines) is 1. The monoisotopic (exact) mass is 352 g/mol. The third-order valence-corrected chi connectivity index (χ3v) is 4.85. The van der Waals surface area contributed by atoms with Crippen LogP contribution in [-0.2, 0) is 11.3 Å². The van der Waals surface area contributed by atoms with E-state index >= 15 is 0 Å². The van der Waals surface area contributed by atoms with E-state index in [2.05, 4.69) is 17.4 Å². The predicted octanol–water partition coefficient (Wildman–Crippen LogP) is 4.93. The van der Waals surface area contributed by atoms with E-state index < -0.39 is 0 Å². The van der Waals surface area contributed by atoms with Crippen LogP contribution in [0, 0.1) is 5.92 Å². The molecule has 26 heavy (non-hydrogen) atoms. The first-order chi connectivity index (χ1) is 12.8. The first-order valence-corrected chi connectivity index (χ1v) is 9.56. The van der Waals surface area contributed by atoms with Gasteiger partial charge in [-0.15, -0.1) is 0 Å². The lowest BCUT2D eigenvalue weighted by Gasteiger charge is -2.29. The molecule has 0 bridgehead atoms. The normalized spacial score (nSPS) is 17.8. The molecule has 1 heterocycles. The molecule has 1 amide bonds. The van der Waals surface area contributed by atoms with Crippen molar-refractivity contribution in [3.8, 4) is 0 Å². The number of ether oxygens (including phenoxy) is 1. The Balaban J connectivity index is 1.52. The Morgan fingerprint density at radius 3 is 2.50 bits per heavy atom. The number of hydrogen-bond donors (Lipinski definition) is 1. The van der Waals surface area contributed by atoms with Gasteiger partial charge in [-0.05, 0) is 36.5 Å². The highest BCUT2D eigenvalue weighted by Crippen LogP contribution is 2.18. The molecule has 2 aromatic carbocycles. The largest absolute Gasteiger partial charge is 0.445 e. The fourth-order valence-corrected chi connectivity index (χ4v) is 3.37. The maximum atomic E-state index is 12.5. The average Bonchev–Trinajstić information content (AvgIpc) is 2.67. The zero-order valence-electron chi connectivity index (χ0n) is 15.3. The predicted molar refractivity (Wildman–Crippen MR) is 105 cm³/mol. The second kappa shape index (κ2) is 9.85. The lowest BCUT2D eigenvalue weighted by atomic mass is 9.98. The molecule has 1 aliphatic rings. The average molecular weight is 352 g/mol. The maximum absolute atomic E-state index is 12.5. The second-order valence-electron chi connectivity index (χ2n) is 6.95. The van der Waals surface area contributed by atoms with Crippen LogP contribution in [0.4, 0.5) is 10.5 Å². The minimum Gasteiger partial charge on any atom is -0.445 e. The van der Waals surface area contributed by atoms with Crippen molar-refractivity contribution in [1.29, 1.82) is 0 Å². The van der Waals surface area contributed by atoms with E-state index in [1.54, 1.807) is 0 Å². The second-order valence-corrected chi connectivity index (χ2v) is 6.95. The summed E-state index contributed by atoms with van der Waals surface area (Å²) in [6.07, 6.45) is 4.40. The summed E-state index contributed by atoms with van der Waals surface area (Å²) in [5.74, 6) is 0.444. The molecule has 3 rings (SSSR count). The summed E-state index contributed by atoms with van der Waals surface area (Å²) in [5, 5.41) is 3.50. The highest BCUT2D eigenvalue weighted by Gasteiger charge is 2.22. The van der Waals surface area contributed by atoms with Gasteiger partial charge >= 0.3 is 6.09 Å². The zero-order chi connectivity index (χ0) is 18.0.